The van der Waals surface area contributed by atoms with Crippen LogP contribution in [0.1, 0.15) is 13.3 Å². The molecule has 9 heavy (non-hydrogen) atoms. The van der Waals surface area contributed by atoms with Crippen molar-refractivity contribution in [3.05, 3.63) is 12.0 Å². The largest absolute Gasteiger partial charge is 0.430 e. The van der Waals surface area contributed by atoms with Gasteiger partial charge in [0.15, 0.2) is 0 Å². The van der Waals surface area contributed by atoms with Crippen LogP contribution in [-0.2, 0) is 9.53 Å². The molecule has 0 aromatic carbocycles. The molecule has 0 atom stereocenters. The number of esters is 1. The topological polar surface area (TPSA) is 38.3 Å². The lowest BCUT2D eigenvalue weighted by atomic mass is 10.4. The highest BCUT2D eigenvalue weighted by molar-refractivity contribution is 5.67. The second-order valence-corrected chi connectivity index (χ2v) is 1.91. The summed E-state index contributed by atoms with van der Waals surface area (Å²) in [6.45, 7) is 2.28. The zero-order valence-corrected chi connectivity index (χ0v) is 5.31. The molecular weight excluding hydrogens is 118 g/mol. The predicted octanol–water partition coefficient (Wildman–Crippen LogP) is 0.384. The highest BCUT2D eigenvalue weighted by Gasteiger charge is 2.05. The van der Waals surface area contributed by atoms with Gasteiger partial charge in [0.05, 0.1) is 0 Å². The van der Waals surface area contributed by atoms with Gasteiger partial charge in [-0.1, -0.05) is 0 Å². The number of carbonyl (C=O) groups is 1. The summed E-state index contributed by atoms with van der Waals surface area (Å²) in [5.41, 5.74) is 0. The van der Waals surface area contributed by atoms with Crippen LogP contribution in [0.25, 0.3) is 0 Å². The molecule has 1 aliphatic rings. The van der Waals surface area contributed by atoms with Gasteiger partial charge in [-0.15, -0.1) is 0 Å². The van der Waals surface area contributed by atoms with E-state index in [1.54, 1.807) is 6.20 Å². The molecular formula is C6H9NO2. The Hall–Kier alpha value is -0.990. The van der Waals surface area contributed by atoms with Crippen molar-refractivity contribution in [2.75, 3.05) is 6.54 Å². The van der Waals surface area contributed by atoms with E-state index in [9.17, 15) is 4.79 Å². The molecule has 3 heteroatoms. The fourth-order valence-electron chi connectivity index (χ4n) is 0.719. The second-order valence-electron chi connectivity index (χ2n) is 1.91. The van der Waals surface area contributed by atoms with Crippen LogP contribution in [-0.4, -0.2) is 12.5 Å². The molecule has 0 bridgehead atoms. The number of carbonyl (C=O) groups excluding carboxylic acids is 1. The highest BCUT2D eigenvalue weighted by atomic mass is 16.5. The fraction of sp³-hybridized carbons (Fsp3) is 0.500. The highest BCUT2D eigenvalue weighted by Crippen LogP contribution is 2.06. The number of nitrogens with one attached hydrogen (secondary N) is 1. The summed E-state index contributed by atoms with van der Waals surface area (Å²) in [7, 11) is 0. The Morgan fingerprint density at radius 2 is 2.67 bits per heavy atom. The van der Waals surface area contributed by atoms with Gasteiger partial charge in [0.2, 0.25) is 0 Å². The molecule has 0 radical (unpaired) electrons. The van der Waals surface area contributed by atoms with E-state index in [4.69, 9.17) is 4.74 Å². The summed E-state index contributed by atoms with van der Waals surface area (Å²) < 4.78 is 4.77. The number of hydrogen-bond donors (Lipinski definition) is 1. The molecule has 0 unspecified atom stereocenters. The van der Waals surface area contributed by atoms with Gasteiger partial charge >= 0.3 is 5.97 Å². The van der Waals surface area contributed by atoms with Crippen molar-refractivity contribution < 1.29 is 9.53 Å². The summed E-state index contributed by atoms with van der Waals surface area (Å²) >= 11 is 0. The Kier molecular flexibility index (Phi) is 1.72. The molecule has 1 N–H and O–H groups in total. The van der Waals surface area contributed by atoms with Crippen LogP contribution >= 0.6 is 0 Å². The maximum Gasteiger partial charge on any atom is 0.307 e. The van der Waals surface area contributed by atoms with Crippen LogP contribution in [0.5, 0.6) is 0 Å². The molecule has 0 aromatic heterocycles. The molecule has 0 aliphatic carbocycles. The first-order valence-electron chi connectivity index (χ1n) is 2.90. The zero-order valence-electron chi connectivity index (χ0n) is 5.31. The Labute approximate surface area is 53.7 Å². The van der Waals surface area contributed by atoms with E-state index in [2.05, 4.69) is 5.32 Å². The van der Waals surface area contributed by atoms with E-state index < -0.39 is 0 Å². The monoisotopic (exact) mass is 127 g/mol. The molecule has 3 nitrogen and oxygen atoms in total. The van der Waals surface area contributed by atoms with Gasteiger partial charge in [-0.05, 0) is 0 Å². The van der Waals surface area contributed by atoms with Gasteiger partial charge in [-0.25, -0.2) is 0 Å². The third kappa shape index (κ3) is 1.76. The van der Waals surface area contributed by atoms with Crippen molar-refractivity contribution in [3.63, 3.8) is 0 Å². The van der Waals surface area contributed by atoms with E-state index in [0.29, 0.717) is 0 Å². The molecule has 0 saturated carbocycles. The summed E-state index contributed by atoms with van der Waals surface area (Å²) in [6, 6.07) is 0. The third-order valence-corrected chi connectivity index (χ3v) is 1.05. The van der Waals surface area contributed by atoms with E-state index in [-0.39, 0.29) is 5.97 Å². The molecule has 0 aromatic rings. The summed E-state index contributed by atoms with van der Waals surface area (Å²) in [5.74, 6) is 0.493. The van der Waals surface area contributed by atoms with Crippen LogP contribution in [0.15, 0.2) is 12.0 Å². The normalized spacial score (nSPS) is 16.3. The Balaban J connectivity index is 2.35. The molecule has 50 valence electrons. The van der Waals surface area contributed by atoms with E-state index in [1.165, 1.54) is 6.92 Å². The van der Waals surface area contributed by atoms with Gasteiger partial charge in [-0.3, -0.25) is 4.79 Å². The van der Waals surface area contributed by atoms with Crippen molar-refractivity contribution in [2.24, 2.45) is 0 Å². The van der Waals surface area contributed by atoms with Crippen LogP contribution < -0.4 is 5.32 Å². The van der Waals surface area contributed by atoms with Crippen LogP contribution in [0.4, 0.5) is 0 Å². The van der Waals surface area contributed by atoms with E-state index >= 15 is 0 Å². The lowest BCUT2D eigenvalue weighted by Crippen LogP contribution is -1.97. The zero-order chi connectivity index (χ0) is 6.69. The number of ether oxygens (including phenoxy) is 1. The van der Waals surface area contributed by atoms with Crippen LogP contribution in [0.2, 0.25) is 0 Å². The van der Waals surface area contributed by atoms with Gasteiger partial charge < -0.3 is 10.1 Å². The molecule has 0 amide bonds. The minimum absolute atomic E-state index is 0.245. The smallest absolute Gasteiger partial charge is 0.307 e. The lowest BCUT2D eigenvalue weighted by molar-refractivity contribution is -0.136. The van der Waals surface area contributed by atoms with E-state index in [1.807, 2.05) is 0 Å². The number of hydrogen-bond acceptors (Lipinski definition) is 3. The maximum absolute atomic E-state index is 10.3. The summed E-state index contributed by atoms with van der Waals surface area (Å²) in [6.07, 6.45) is 2.54. The molecule has 1 rings (SSSR count). The van der Waals surface area contributed by atoms with Gasteiger partial charge in [0.1, 0.15) is 5.76 Å². The minimum Gasteiger partial charge on any atom is -0.430 e. The first-order valence-corrected chi connectivity index (χ1v) is 2.90. The lowest BCUT2D eigenvalue weighted by Gasteiger charge is -1.96. The van der Waals surface area contributed by atoms with Crippen molar-refractivity contribution in [1.29, 1.82) is 0 Å². The van der Waals surface area contributed by atoms with Crippen molar-refractivity contribution in [2.45, 2.75) is 13.3 Å². The van der Waals surface area contributed by atoms with Gasteiger partial charge in [0, 0.05) is 26.1 Å². The van der Waals surface area contributed by atoms with Crippen LogP contribution in [0, 0.1) is 0 Å². The first-order chi connectivity index (χ1) is 4.29. The average molecular weight is 127 g/mol. The minimum atomic E-state index is -0.245. The molecule has 0 spiro atoms. The Morgan fingerprint density at radius 3 is 3.11 bits per heavy atom. The Bertz CT molecular complexity index is 151. The summed E-state index contributed by atoms with van der Waals surface area (Å²) in [4.78, 5) is 10.3. The summed E-state index contributed by atoms with van der Waals surface area (Å²) in [5, 5.41) is 2.94. The second kappa shape index (κ2) is 2.53. The van der Waals surface area contributed by atoms with E-state index in [0.717, 1.165) is 18.7 Å². The van der Waals surface area contributed by atoms with Crippen LogP contribution in [0.3, 0.4) is 0 Å². The standard InChI is InChI=1S/C6H9NO2/c1-5(8)9-6-2-3-7-4-6/h4,7H,2-3H2,1H3. The quantitative estimate of drug-likeness (QED) is 0.517. The average Bonchev–Trinajstić information content (AvgIpc) is 2.15. The molecule has 1 heterocycles. The van der Waals surface area contributed by atoms with Crippen molar-refractivity contribution in [1.82, 2.24) is 5.32 Å². The Morgan fingerprint density at radius 1 is 1.89 bits per heavy atom. The SMILES string of the molecule is CC(=O)OC1=CNCC1. The van der Waals surface area contributed by atoms with Gasteiger partial charge in [0.25, 0.3) is 0 Å². The number of rotatable bonds is 1. The fourth-order valence-corrected chi connectivity index (χ4v) is 0.719. The molecule has 1 aliphatic heterocycles. The molecule has 0 saturated heterocycles. The molecule has 0 fully saturated rings. The first kappa shape index (κ1) is 6.13. The van der Waals surface area contributed by atoms with Crippen molar-refractivity contribution >= 4 is 5.97 Å². The van der Waals surface area contributed by atoms with Gasteiger partial charge in [-0.2, -0.15) is 0 Å². The maximum atomic E-state index is 10.3. The predicted molar refractivity (Wildman–Crippen MR) is 32.5 cm³/mol. The van der Waals surface area contributed by atoms with Crippen molar-refractivity contribution in [3.8, 4) is 0 Å². The third-order valence-electron chi connectivity index (χ3n) is 1.05.